The number of aromatic nitrogens is 3. The van der Waals surface area contributed by atoms with E-state index in [0.717, 1.165) is 22.9 Å². The fraction of sp³-hybridized carbons (Fsp3) is 0.857. The van der Waals surface area contributed by atoms with Gasteiger partial charge in [-0.05, 0) is 88.9 Å². The maximum absolute atomic E-state index is 13.6. The Morgan fingerprint density at radius 3 is 2.19 bits per heavy atom. The normalized spacial score (nSPS) is 39.3. The Morgan fingerprint density at radius 1 is 1.04 bits per heavy atom. The van der Waals surface area contributed by atoms with Crippen LogP contribution in [0.2, 0.25) is 0 Å². The summed E-state index contributed by atoms with van der Waals surface area (Å²) in [6.07, 6.45) is 12.7. The summed E-state index contributed by atoms with van der Waals surface area (Å²) in [5.41, 5.74) is 0.00488. The number of hydrogen-bond acceptors (Lipinski definition) is 4. The Morgan fingerprint density at radius 2 is 1.65 bits per heavy atom. The van der Waals surface area contributed by atoms with Crippen molar-refractivity contribution in [1.82, 2.24) is 14.8 Å². The highest BCUT2D eigenvalue weighted by Gasteiger charge is 2.55. The SMILES string of the molecule is CC(Sc1nnc(C2CC2)n1C1CC1)C(=O)C12CC3CC(CC(C3)C1)C2. The molecule has 1 aromatic heterocycles. The fourth-order valence-corrected chi connectivity index (χ4v) is 7.84. The molecule has 6 saturated carbocycles. The van der Waals surface area contributed by atoms with Crippen LogP contribution in [-0.4, -0.2) is 25.8 Å². The lowest BCUT2D eigenvalue weighted by Gasteiger charge is -2.56. The molecule has 1 aromatic rings. The monoisotopic (exact) mass is 371 g/mol. The van der Waals surface area contributed by atoms with Gasteiger partial charge in [-0.3, -0.25) is 4.79 Å². The smallest absolute Gasteiger partial charge is 0.192 e. The summed E-state index contributed by atoms with van der Waals surface area (Å²) in [5, 5.41) is 10.1. The second-order valence-electron chi connectivity index (χ2n) is 10.0. The van der Waals surface area contributed by atoms with Gasteiger partial charge in [-0.2, -0.15) is 0 Å². The highest BCUT2D eigenvalue weighted by molar-refractivity contribution is 8.00. The van der Waals surface area contributed by atoms with Crippen molar-refractivity contribution in [1.29, 1.82) is 0 Å². The third-order valence-electron chi connectivity index (χ3n) is 7.76. The summed E-state index contributed by atoms with van der Waals surface area (Å²) in [7, 11) is 0. The van der Waals surface area contributed by atoms with Gasteiger partial charge in [-0.1, -0.05) is 11.8 Å². The van der Waals surface area contributed by atoms with Gasteiger partial charge in [0.05, 0.1) is 5.25 Å². The van der Waals surface area contributed by atoms with Gasteiger partial charge in [0.2, 0.25) is 0 Å². The first-order valence-electron chi connectivity index (χ1n) is 10.8. The number of carbonyl (C=O) groups is 1. The van der Waals surface area contributed by atoms with Crippen LogP contribution < -0.4 is 0 Å². The summed E-state index contributed by atoms with van der Waals surface area (Å²) >= 11 is 1.70. The average molecular weight is 372 g/mol. The van der Waals surface area contributed by atoms with Crippen molar-refractivity contribution >= 4 is 17.5 Å². The molecule has 7 rings (SSSR count). The van der Waals surface area contributed by atoms with Crippen molar-refractivity contribution in [3.63, 3.8) is 0 Å². The predicted molar refractivity (Wildman–Crippen MR) is 101 cm³/mol. The molecule has 0 aliphatic heterocycles. The van der Waals surface area contributed by atoms with Gasteiger partial charge in [0.15, 0.2) is 10.9 Å². The molecule has 140 valence electrons. The minimum absolute atomic E-state index is 0.00488. The van der Waals surface area contributed by atoms with E-state index in [1.54, 1.807) is 11.8 Å². The number of Topliss-reactive ketones (excluding diaryl/α,β-unsaturated/α-hetero) is 1. The van der Waals surface area contributed by atoms with E-state index in [1.165, 1.54) is 70.0 Å². The lowest BCUT2D eigenvalue weighted by Crippen LogP contribution is -2.51. The number of carbonyl (C=O) groups excluding carboxylic acids is 1. The minimum Gasteiger partial charge on any atom is -0.303 e. The van der Waals surface area contributed by atoms with Gasteiger partial charge in [0.25, 0.3) is 0 Å². The third kappa shape index (κ3) is 2.52. The van der Waals surface area contributed by atoms with Gasteiger partial charge < -0.3 is 4.57 Å². The van der Waals surface area contributed by atoms with Crippen LogP contribution in [0, 0.1) is 23.2 Å². The Bertz CT molecular complexity index is 713. The van der Waals surface area contributed by atoms with E-state index in [-0.39, 0.29) is 10.7 Å². The summed E-state index contributed by atoms with van der Waals surface area (Å²) < 4.78 is 2.39. The van der Waals surface area contributed by atoms with Crippen molar-refractivity contribution in [2.45, 2.75) is 93.5 Å². The van der Waals surface area contributed by atoms with Gasteiger partial charge >= 0.3 is 0 Å². The molecule has 1 heterocycles. The third-order valence-corrected chi connectivity index (χ3v) is 8.81. The second kappa shape index (κ2) is 5.59. The molecule has 6 aliphatic rings. The first kappa shape index (κ1) is 16.1. The standard InChI is InChI=1S/C21H29N3OS/c1-12(18(25)21-9-13-6-14(10-21)8-15(7-13)11-21)26-20-23-22-19(16-2-3-16)24(20)17-4-5-17/h12-17H,2-11H2,1H3. The Hall–Kier alpha value is -0.840. The molecule has 1 atom stereocenters. The average Bonchev–Trinajstić information content (AvgIpc) is 3.52. The predicted octanol–water partition coefficient (Wildman–Crippen LogP) is 4.76. The molecule has 5 heteroatoms. The minimum atomic E-state index is 0.00488. The van der Waals surface area contributed by atoms with Crippen molar-refractivity contribution in [2.75, 3.05) is 0 Å². The van der Waals surface area contributed by atoms with E-state index >= 15 is 0 Å². The molecule has 0 saturated heterocycles. The van der Waals surface area contributed by atoms with Gasteiger partial charge in [-0.15, -0.1) is 10.2 Å². The molecule has 6 aliphatic carbocycles. The van der Waals surface area contributed by atoms with Gasteiger partial charge in [-0.25, -0.2) is 0 Å². The topological polar surface area (TPSA) is 47.8 Å². The largest absolute Gasteiger partial charge is 0.303 e. The lowest BCUT2D eigenvalue weighted by atomic mass is 9.48. The molecule has 4 bridgehead atoms. The Balaban J connectivity index is 1.24. The number of rotatable bonds is 6. The van der Waals surface area contributed by atoms with Crippen LogP contribution in [0.5, 0.6) is 0 Å². The Labute approximate surface area is 159 Å². The molecule has 4 nitrogen and oxygen atoms in total. The van der Waals surface area contributed by atoms with Crippen LogP contribution >= 0.6 is 11.8 Å². The summed E-state index contributed by atoms with van der Waals surface area (Å²) in [6, 6.07) is 0.602. The van der Waals surface area contributed by atoms with Crippen LogP contribution in [0.1, 0.15) is 88.9 Å². The van der Waals surface area contributed by atoms with Crippen molar-refractivity contribution < 1.29 is 4.79 Å². The van der Waals surface area contributed by atoms with Crippen LogP contribution in [0.15, 0.2) is 5.16 Å². The highest BCUT2D eigenvalue weighted by Crippen LogP contribution is 2.61. The van der Waals surface area contributed by atoms with E-state index in [1.807, 2.05) is 0 Å². The van der Waals surface area contributed by atoms with Crippen molar-refractivity contribution in [2.24, 2.45) is 23.2 Å². The number of ketones is 1. The van der Waals surface area contributed by atoms with Gasteiger partial charge in [0, 0.05) is 17.4 Å². The molecular formula is C21H29N3OS. The maximum Gasteiger partial charge on any atom is 0.192 e. The first-order chi connectivity index (χ1) is 12.6. The highest BCUT2D eigenvalue weighted by atomic mass is 32.2. The summed E-state index contributed by atoms with van der Waals surface area (Å²) in [4.78, 5) is 13.6. The summed E-state index contributed by atoms with van der Waals surface area (Å²) in [6.45, 7) is 2.13. The molecule has 0 radical (unpaired) electrons. The number of thioether (sulfide) groups is 1. The zero-order chi connectivity index (χ0) is 17.5. The number of hydrogen-bond donors (Lipinski definition) is 0. The van der Waals surface area contributed by atoms with Gasteiger partial charge in [0.1, 0.15) is 5.82 Å². The molecule has 0 N–H and O–H groups in total. The zero-order valence-electron chi connectivity index (χ0n) is 15.7. The summed E-state index contributed by atoms with van der Waals surface area (Å²) in [5.74, 6) is 4.85. The van der Waals surface area contributed by atoms with Crippen LogP contribution in [0.3, 0.4) is 0 Å². The second-order valence-corrected chi connectivity index (χ2v) is 11.3. The van der Waals surface area contributed by atoms with E-state index in [0.29, 0.717) is 17.7 Å². The quantitative estimate of drug-likeness (QED) is 0.677. The van der Waals surface area contributed by atoms with Crippen molar-refractivity contribution in [3.8, 4) is 0 Å². The molecule has 0 amide bonds. The molecule has 0 aromatic carbocycles. The molecule has 0 spiro atoms. The molecule has 1 unspecified atom stereocenters. The lowest BCUT2D eigenvalue weighted by molar-refractivity contribution is -0.142. The van der Waals surface area contributed by atoms with E-state index in [4.69, 9.17) is 0 Å². The first-order valence-corrected chi connectivity index (χ1v) is 11.6. The number of nitrogens with zero attached hydrogens (tertiary/aromatic N) is 3. The van der Waals surface area contributed by atoms with Crippen LogP contribution in [-0.2, 0) is 4.79 Å². The van der Waals surface area contributed by atoms with Crippen molar-refractivity contribution in [3.05, 3.63) is 5.82 Å². The zero-order valence-corrected chi connectivity index (χ0v) is 16.5. The molecular weight excluding hydrogens is 342 g/mol. The van der Waals surface area contributed by atoms with E-state index in [2.05, 4.69) is 21.7 Å². The molecule has 6 fully saturated rings. The Kier molecular flexibility index (Phi) is 3.47. The molecule has 26 heavy (non-hydrogen) atoms. The maximum atomic E-state index is 13.6. The fourth-order valence-electron chi connectivity index (χ4n) is 6.72. The van der Waals surface area contributed by atoms with Crippen LogP contribution in [0.4, 0.5) is 0 Å². The van der Waals surface area contributed by atoms with Crippen LogP contribution in [0.25, 0.3) is 0 Å². The van der Waals surface area contributed by atoms with E-state index in [9.17, 15) is 4.79 Å². The van der Waals surface area contributed by atoms with E-state index < -0.39 is 0 Å².